The monoisotopic (exact) mass is 372 g/mol. The first-order valence-electron chi connectivity index (χ1n) is 5.65. The van der Waals surface area contributed by atoms with Gasteiger partial charge in [0, 0.05) is 16.5 Å². The average Bonchev–Trinajstić information content (AvgIpc) is 2.36. The van der Waals surface area contributed by atoms with E-state index in [0.717, 1.165) is 6.07 Å². The van der Waals surface area contributed by atoms with Gasteiger partial charge in [0.1, 0.15) is 0 Å². The molecule has 0 aliphatic heterocycles. The van der Waals surface area contributed by atoms with Gasteiger partial charge < -0.3 is 0 Å². The summed E-state index contributed by atoms with van der Waals surface area (Å²) in [5, 5.41) is 0.629. The Bertz CT molecular complexity index is 657. The zero-order valence-electron chi connectivity index (χ0n) is 10.2. The van der Waals surface area contributed by atoms with Crippen LogP contribution >= 0.6 is 46.4 Å². The minimum absolute atomic E-state index is 0.0715. The Hall–Kier alpha value is -0.610. The smallest absolute Gasteiger partial charge is 0.166 e. The van der Waals surface area contributed by atoms with Gasteiger partial charge in [-0.05, 0) is 29.3 Å². The largest absolute Gasteiger partial charge is 0.416 e. The highest BCUT2D eigenvalue weighted by Crippen LogP contribution is 2.43. The summed E-state index contributed by atoms with van der Waals surface area (Å²) < 4.78 is 39.2. The standard InChI is InChI=1S/C14H7Cl4F3/c15-6-9-8(2-1-3-10(9)14(19,20)21)13-11(17)4-7(16)5-12(13)18/h1-5H,6H2. The summed E-state index contributed by atoms with van der Waals surface area (Å²) in [5.41, 5.74) is -0.356. The van der Waals surface area contributed by atoms with E-state index in [-0.39, 0.29) is 32.6 Å². The molecule has 2 aromatic carbocycles. The molecule has 2 aromatic rings. The van der Waals surface area contributed by atoms with E-state index in [9.17, 15) is 13.2 Å². The highest BCUT2D eigenvalue weighted by molar-refractivity contribution is 6.42. The SMILES string of the molecule is FC(F)(F)c1cccc(-c2c(Cl)cc(Cl)cc2Cl)c1CCl. The van der Waals surface area contributed by atoms with Crippen LogP contribution in [0.2, 0.25) is 15.1 Å². The Morgan fingerprint density at radius 2 is 1.52 bits per heavy atom. The molecule has 0 N–H and O–H groups in total. The first-order chi connectivity index (χ1) is 9.75. The molecule has 0 nitrogen and oxygen atoms in total. The maximum Gasteiger partial charge on any atom is 0.416 e. The number of alkyl halides is 4. The molecule has 0 aliphatic carbocycles. The summed E-state index contributed by atoms with van der Waals surface area (Å²) >= 11 is 23.7. The second-order valence-corrected chi connectivity index (χ2v) is 5.73. The van der Waals surface area contributed by atoms with Crippen LogP contribution in [0.25, 0.3) is 11.1 Å². The second-order valence-electron chi connectivity index (χ2n) is 4.21. The van der Waals surface area contributed by atoms with Crippen molar-refractivity contribution in [2.24, 2.45) is 0 Å². The fourth-order valence-electron chi connectivity index (χ4n) is 2.03. The molecule has 0 radical (unpaired) electrons. The van der Waals surface area contributed by atoms with Crippen LogP contribution in [0.15, 0.2) is 30.3 Å². The lowest BCUT2D eigenvalue weighted by atomic mass is 9.96. The Morgan fingerprint density at radius 1 is 0.952 bits per heavy atom. The zero-order chi connectivity index (χ0) is 15.8. The van der Waals surface area contributed by atoms with Crippen molar-refractivity contribution < 1.29 is 13.2 Å². The van der Waals surface area contributed by atoms with Crippen LogP contribution < -0.4 is 0 Å². The summed E-state index contributed by atoms with van der Waals surface area (Å²) in [7, 11) is 0. The molecule has 0 aliphatic rings. The van der Waals surface area contributed by atoms with E-state index < -0.39 is 11.7 Å². The van der Waals surface area contributed by atoms with E-state index in [1.807, 2.05) is 0 Å². The molecule has 0 atom stereocenters. The normalized spacial score (nSPS) is 11.8. The van der Waals surface area contributed by atoms with Crippen LogP contribution in [0.3, 0.4) is 0 Å². The van der Waals surface area contributed by atoms with E-state index in [1.165, 1.54) is 24.3 Å². The van der Waals surface area contributed by atoms with Crippen molar-refractivity contribution in [3.05, 3.63) is 56.5 Å². The van der Waals surface area contributed by atoms with Gasteiger partial charge in [-0.15, -0.1) is 11.6 Å². The Kier molecular flexibility index (Phi) is 4.99. The van der Waals surface area contributed by atoms with E-state index in [2.05, 4.69) is 0 Å². The lowest BCUT2D eigenvalue weighted by Gasteiger charge is -2.17. The minimum Gasteiger partial charge on any atom is -0.166 e. The van der Waals surface area contributed by atoms with Gasteiger partial charge in [-0.1, -0.05) is 46.9 Å². The molecule has 0 saturated heterocycles. The topological polar surface area (TPSA) is 0 Å². The Morgan fingerprint density at radius 3 is 2.00 bits per heavy atom. The minimum atomic E-state index is -4.51. The number of rotatable bonds is 2. The van der Waals surface area contributed by atoms with Crippen molar-refractivity contribution in [3.63, 3.8) is 0 Å². The molecule has 7 heteroatoms. The van der Waals surface area contributed by atoms with Crippen molar-refractivity contribution in [1.29, 1.82) is 0 Å². The highest BCUT2D eigenvalue weighted by atomic mass is 35.5. The van der Waals surface area contributed by atoms with Gasteiger partial charge in [0.2, 0.25) is 0 Å². The van der Waals surface area contributed by atoms with E-state index in [1.54, 1.807) is 0 Å². The Balaban J connectivity index is 2.77. The van der Waals surface area contributed by atoms with E-state index in [4.69, 9.17) is 46.4 Å². The maximum atomic E-state index is 13.1. The fraction of sp³-hybridized carbons (Fsp3) is 0.143. The molecule has 21 heavy (non-hydrogen) atoms. The van der Waals surface area contributed by atoms with Crippen molar-refractivity contribution in [2.75, 3.05) is 0 Å². The molecular weight excluding hydrogens is 367 g/mol. The zero-order valence-corrected chi connectivity index (χ0v) is 13.3. The van der Waals surface area contributed by atoms with Crippen molar-refractivity contribution in [1.82, 2.24) is 0 Å². The van der Waals surface area contributed by atoms with Gasteiger partial charge in [-0.3, -0.25) is 0 Å². The summed E-state index contributed by atoms with van der Waals surface area (Å²) in [5.74, 6) is -0.319. The average molecular weight is 374 g/mol. The van der Waals surface area contributed by atoms with Crippen LogP contribution in [0.4, 0.5) is 13.2 Å². The first-order valence-corrected chi connectivity index (χ1v) is 7.32. The van der Waals surface area contributed by atoms with E-state index >= 15 is 0 Å². The van der Waals surface area contributed by atoms with Crippen LogP contribution in [0, 0.1) is 0 Å². The lowest BCUT2D eigenvalue weighted by Crippen LogP contribution is -2.09. The predicted molar refractivity (Wildman–Crippen MR) is 81.5 cm³/mol. The third-order valence-corrected chi connectivity index (χ3v) is 3.97. The van der Waals surface area contributed by atoms with Crippen molar-refractivity contribution >= 4 is 46.4 Å². The molecule has 0 amide bonds. The molecule has 0 fully saturated rings. The molecule has 0 aromatic heterocycles. The quantitative estimate of drug-likeness (QED) is 0.493. The molecule has 0 bridgehead atoms. The second kappa shape index (κ2) is 6.25. The molecule has 112 valence electrons. The van der Waals surface area contributed by atoms with E-state index in [0.29, 0.717) is 5.02 Å². The van der Waals surface area contributed by atoms with Gasteiger partial charge in [-0.25, -0.2) is 0 Å². The summed E-state index contributed by atoms with van der Waals surface area (Å²) in [6, 6.07) is 6.59. The number of halogens is 7. The third kappa shape index (κ3) is 3.42. The summed E-state index contributed by atoms with van der Waals surface area (Å²) in [6.45, 7) is 0. The van der Waals surface area contributed by atoms with Gasteiger partial charge in [-0.2, -0.15) is 13.2 Å². The molecule has 2 rings (SSSR count). The van der Waals surface area contributed by atoms with Gasteiger partial charge in [0.25, 0.3) is 0 Å². The fourth-order valence-corrected chi connectivity index (χ4v) is 3.34. The highest BCUT2D eigenvalue weighted by Gasteiger charge is 2.34. The lowest BCUT2D eigenvalue weighted by molar-refractivity contribution is -0.138. The molecule has 0 spiro atoms. The van der Waals surface area contributed by atoms with Crippen molar-refractivity contribution in [3.8, 4) is 11.1 Å². The molecular formula is C14H7Cl4F3. The van der Waals surface area contributed by atoms with Crippen LogP contribution in [0.5, 0.6) is 0 Å². The molecule has 0 heterocycles. The van der Waals surface area contributed by atoms with Gasteiger partial charge in [0.15, 0.2) is 0 Å². The number of hydrogen-bond donors (Lipinski definition) is 0. The molecule has 0 saturated carbocycles. The first kappa shape index (κ1) is 16.8. The van der Waals surface area contributed by atoms with Crippen molar-refractivity contribution in [2.45, 2.75) is 12.1 Å². The number of hydrogen-bond acceptors (Lipinski definition) is 0. The van der Waals surface area contributed by atoms with Gasteiger partial charge in [0.05, 0.1) is 15.6 Å². The summed E-state index contributed by atoms with van der Waals surface area (Å²) in [6.07, 6.45) is -4.51. The summed E-state index contributed by atoms with van der Waals surface area (Å²) in [4.78, 5) is 0. The molecule has 0 unspecified atom stereocenters. The van der Waals surface area contributed by atoms with Gasteiger partial charge >= 0.3 is 6.18 Å². The van der Waals surface area contributed by atoms with Crippen LogP contribution in [0.1, 0.15) is 11.1 Å². The third-order valence-electron chi connectivity index (χ3n) is 2.89. The van der Waals surface area contributed by atoms with Crippen LogP contribution in [-0.2, 0) is 12.1 Å². The Labute approximate surface area is 139 Å². The van der Waals surface area contributed by atoms with Crippen LogP contribution in [-0.4, -0.2) is 0 Å². The number of benzene rings is 2. The maximum absolute atomic E-state index is 13.1. The predicted octanol–water partition coefficient (Wildman–Crippen LogP) is 7.07.